The van der Waals surface area contributed by atoms with E-state index in [4.69, 9.17) is 4.74 Å². The Morgan fingerprint density at radius 1 is 1.00 bits per heavy atom. The van der Waals surface area contributed by atoms with Gasteiger partial charge in [-0.05, 0) is 55.2 Å². The van der Waals surface area contributed by atoms with Crippen LogP contribution >= 0.6 is 0 Å². The lowest BCUT2D eigenvalue weighted by Crippen LogP contribution is -2.44. The molecule has 160 valence electrons. The number of ether oxygens (including phenoxy) is 1. The molecule has 0 aliphatic carbocycles. The number of rotatable bonds is 6. The number of nitrogens with zero attached hydrogens (tertiary/aromatic N) is 1. The summed E-state index contributed by atoms with van der Waals surface area (Å²) in [6, 6.07) is 24.8. The molecule has 4 heteroatoms. The maximum absolute atomic E-state index is 12.5. The second kappa shape index (κ2) is 9.80. The monoisotopic (exact) mass is 414 g/mol. The molecule has 1 amide bonds. The molecule has 0 spiro atoms. The fourth-order valence-corrected chi connectivity index (χ4v) is 4.19. The van der Waals surface area contributed by atoms with Crippen LogP contribution in [0.4, 0.5) is 0 Å². The zero-order valence-corrected chi connectivity index (χ0v) is 18.3. The number of para-hydroxylation sites is 1. The average molecular weight is 415 g/mol. The summed E-state index contributed by atoms with van der Waals surface area (Å²) in [6.45, 7) is 4.92. The SMILES string of the molecule is COc1ccccc1-c1cccc(CN2CCC(NC(=O)c3ccc(C)cc3)CC2)c1. The van der Waals surface area contributed by atoms with Crippen LogP contribution in [0.5, 0.6) is 5.75 Å². The number of piperidine rings is 1. The molecule has 0 radical (unpaired) electrons. The van der Waals surface area contributed by atoms with Crippen LogP contribution < -0.4 is 10.1 Å². The Hall–Kier alpha value is -3.11. The molecule has 4 nitrogen and oxygen atoms in total. The maximum atomic E-state index is 12.5. The van der Waals surface area contributed by atoms with Crippen LogP contribution in [0, 0.1) is 6.92 Å². The maximum Gasteiger partial charge on any atom is 0.251 e. The van der Waals surface area contributed by atoms with Gasteiger partial charge in [0.15, 0.2) is 0 Å². The van der Waals surface area contributed by atoms with Crippen LogP contribution in [0.25, 0.3) is 11.1 Å². The summed E-state index contributed by atoms with van der Waals surface area (Å²) in [5, 5.41) is 3.20. The van der Waals surface area contributed by atoms with Gasteiger partial charge in [0.25, 0.3) is 5.91 Å². The minimum absolute atomic E-state index is 0.0305. The van der Waals surface area contributed by atoms with Crippen molar-refractivity contribution in [2.24, 2.45) is 0 Å². The second-order valence-corrected chi connectivity index (χ2v) is 8.29. The summed E-state index contributed by atoms with van der Waals surface area (Å²) in [4.78, 5) is 15.0. The van der Waals surface area contributed by atoms with Gasteiger partial charge >= 0.3 is 0 Å². The molecule has 0 atom stereocenters. The second-order valence-electron chi connectivity index (χ2n) is 8.29. The Bertz CT molecular complexity index is 1020. The van der Waals surface area contributed by atoms with Crippen LogP contribution in [0.3, 0.4) is 0 Å². The van der Waals surface area contributed by atoms with Gasteiger partial charge in [-0.1, -0.05) is 54.1 Å². The summed E-state index contributed by atoms with van der Waals surface area (Å²) in [6.07, 6.45) is 1.95. The van der Waals surface area contributed by atoms with Gasteiger partial charge < -0.3 is 10.1 Å². The summed E-state index contributed by atoms with van der Waals surface area (Å²) in [5.41, 5.74) is 5.49. The number of benzene rings is 3. The summed E-state index contributed by atoms with van der Waals surface area (Å²) < 4.78 is 5.53. The third kappa shape index (κ3) is 5.33. The number of likely N-dealkylation sites (tertiary alicyclic amines) is 1. The van der Waals surface area contributed by atoms with E-state index in [9.17, 15) is 4.79 Å². The molecule has 1 heterocycles. The van der Waals surface area contributed by atoms with Gasteiger partial charge in [-0.2, -0.15) is 0 Å². The molecule has 31 heavy (non-hydrogen) atoms. The van der Waals surface area contributed by atoms with Crippen LogP contribution in [0.15, 0.2) is 72.8 Å². The molecule has 1 aliphatic rings. The third-order valence-electron chi connectivity index (χ3n) is 5.99. The van der Waals surface area contributed by atoms with E-state index in [2.05, 4.69) is 40.5 Å². The van der Waals surface area contributed by atoms with E-state index >= 15 is 0 Å². The molecule has 1 aliphatic heterocycles. The minimum atomic E-state index is 0.0305. The molecule has 1 fully saturated rings. The smallest absolute Gasteiger partial charge is 0.251 e. The van der Waals surface area contributed by atoms with Crippen molar-refractivity contribution in [2.45, 2.75) is 32.4 Å². The van der Waals surface area contributed by atoms with E-state index in [0.717, 1.165) is 49.4 Å². The molecule has 3 aromatic carbocycles. The van der Waals surface area contributed by atoms with Crippen molar-refractivity contribution in [3.8, 4) is 16.9 Å². The summed E-state index contributed by atoms with van der Waals surface area (Å²) in [5.74, 6) is 0.924. The lowest BCUT2D eigenvalue weighted by atomic mass is 10.0. The predicted molar refractivity (Wildman–Crippen MR) is 125 cm³/mol. The van der Waals surface area contributed by atoms with Crippen LogP contribution in [-0.2, 0) is 6.54 Å². The first-order chi connectivity index (χ1) is 15.1. The van der Waals surface area contributed by atoms with Gasteiger partial charge in [-0.25, -0.2) is 0 Å². The van der Waals surface area contributed by atoms with Crippen molar-refractivity contribution in [3.05, 3.63) is 89.5 Å². The van der Waals surface area contributed by atoms with Crippen molar-refractivity contribution >= 4 is 5.91 Å². The normalized spacial score (nSPS) is 14.9. The summed E-state index contributed by atoms with van der Waals surface area (Å²) in [7, 11) is 1.71. The number of methoxy groups -OCH3 is 1. The zero-order valence-electron chi connectivity index (χ0n) is 18.3. The highest BCUT2D eigenvalue weighted by atomic mass is 16.5. The number of hydrogen-bond acceptors (Lipinski definition) is 3. The van der Waals surface area contributed by atoms with E-state index in [1.54, 1.807) is 7.11 Å². The average Bonchev–Trinajstić information content (AvgIpc) is 2.81. The van der Waals surface area contributed by atoms with Crippen molar-refractivity contribution in [1.82, 2.24) is 10.2 Å². The summed E-state index contributed by atoms with van der Waals surface area (Å²) >= 11 is 0. The Morgan fingerprint density at radius 2 is 1.74 bits per heavy atom. The molecule has 1 saturated heterocycles. The fourth-order valence-electron chi connectivity index (χ4n) is 4.19. The Morgan fingerprint density at radius 3 is 2.48 bits per heavy atom. The highest BCUT2D eigenvalue weighted by molar-refractivity contribution is 5.94. The first-order valence-electron chi connectivity index (χ1n) is 10.9. The molecule has 0 saturated carbocycles. The fraction of sp³-hybridized carbons (Fsp3) is 0.296. The molecule has 0 unspecified atom stereocenters. The van der Waals surface area contributed by atoms with Crippen molar-refractivity contribution in [3.63, 3.8) is 0 Å². The Labute approximate surface area is 184 Å². The van der Waals surface area contributed by atoms with E-state index in [-0.39, 0.29) is 11.9 Å². The van der Waals surface area contributed by atoms with E-state index < -0.39 is 0 Å². The molecule has 1 N–H and O–H groups in total. The van der Waals surface area contributed by atoms with Crippen LogP contribution in [0.1, 0.15) is 34.3 Å². The Balaban J connectivity index is 1.33. The zero-order chi connectivity index (χ0) is 21.6. The van der Waals surface area contributed by atoms with E-state index in [0.29, 0.717) is 0 Å². The molecule has 0 bridgehead atoms. The highest BCUT2D eigenvalue weighted by Crippen LogP contribution is 2.30. The highest BCUT2D eigenvalue weighted by Gasteiger charge is 2.21. The van der Waals surface area contributed by atoms with E-state index in [1.807, 2.05) is 49.4 Å². The first-order valence-corrected chi connectivity index (χ1v) is 10.9. The van der Waals surface area contributed by atoms with Gasteiger partial charge in [-0.3, -0.25) is 9.69 Å². The van der Waals surface area contributed by atoms with Crippen molar-refractivity contribution in [1.29, 1.82) is 0 Å². The molecule has 4 rings (SSSR count). The van der Waals surface area contributed by atoms with E-state index in [1.165, 1.54) is 16.7 Å². The molecule has 3 aromatic rings. The van der Waals surface area contributed by atoms with Gasteiger partial charge in [0.2, 0.25) is 0 Å². The standard InChI is InChI=1S/C27H30N2O2/c1-20-10-12-22(13-11-20)27(30)28-24-14-16-29(17-15-24)19-21-6-5-7-23(18-21)25-8-3-4-9-26(25)31-2/h3-13,18,24H,14-17,19H2,1-2H3,(H,28,30). The topological polar surface area (TPSA) is 41.6 Å². The third-order valence-corrected chi connectivity index (χ3v) is 5.99. The van der Waals surface area contributed by atoms with Gasteiger partial charge in [-0.15, -0.1) is 0 Å². The van der Waals surface area contributed by atoms with Gasteiger partial charge in [0.1, 0.15) is 5.75 Å². The van der Waals surface area contributed by atoms with Crippen molar-refractivity contribution < 1.29 is 9.53 Å². The van der Waals surface area contributed by atoms with Gasteiger partial charge in [0.05, 0.1) is 7.11 Å². The lowest BCUT2D eigenvalue weighted by molar-refractivity contribution is 0.0909. The molecular weight excluding hydrogens is 384 g/mol. The number of amides is 1. The van der Waals surface area contributed by atoms with Gasteiger partial charge in [0, 0.05) is 36.8 Å². The minimum Gasteiger partial charge on any atom is -0.496 e. The predicted octanol–water partition coefficient (Wildman–Crippen LogP) is 5.07. The number of hydrogen-bond donors (Lipinski definition) is 1. The van der Waals surface area contributed by atoms with Crippen molar-refractivity contribution in [2.75, 3.05) is 20.2 Å². The molecular formula is C27H30N2O2. The van der Waals surface area contributed by atoms with Crippen LogP contribution in [0.2, 0.25) is 0 Å². The number of nitrogens with one attached hydrogen (secondary N) is 1. The number of aryl methyl sites for hydroxylation is 1. The quantitative estimate of drug-likeness (QED) is 0.613. The largest absolute Gasteiger partial charge is 0.496 e. The first kappa shape index (κ1) is 21.1. The number of carbonyl (C=O) groups is 1. The lowest BCUT2D eigenvalue weighted by Gasteiger charge is -2.32. The molecule has 0 aromatic heterocycles. The Kier molecular flexibility index (Phi) is 6.68. The van der Waals surface area contributed by atoms with Crippen LogP contribution in [-0.4, -0.2) is 37.0 Å². The number of carbonyl (C=O) groups excluding carboxylic acids is 1.